The molecule has 1 aliphatic rings. The van der Waals surface area contributed by atoms with Crippen LogP contribution in [0.3, 0.4) is 0 Å². The van der Waals surface area contributed by atoms with Crippen molar-refractivity contribution in [3.63, 3.8) is 0 Å². The molecule has 1 saturated heterocycles. The van der Waals surface area contributed by atoms with Gasteiger partial charge in [0.05, 0.1) is 24.6 Å². The van der Waals surface area contributed by atoms with E-state index in [1.165, 1.54) is 24.9 Å². The van der Waals surface area contributed by atoms with Crippen LogP contribution in [0.5, 0.6) is 23.1 Å². The fourth-order valence-electron chi connectivity index (χ4n) is 3.67. The van der Waals surface area contributed by atoms with Gasteiger partial charge in [0, 0.05) is 23.6 Å². The van der Waals surface area contributed by atoms with E-state index in [9.17, 15) is 4.39 Å². The molecule has 4 rings (SSSR count). The number of benzene rings is 2. The van der Waals surface area contributed by atoms with E-state index in [-0.39, 0.29) is 11.6 Å². The zero-order chi connectivity index (χ0) is 21.1. The number of ether oxygens (including phenoxy) is 3. The molecule has 30 heavy (non-hydrogen) atoms. The van der Waals surface area contributed by atoms with E-state index in [4.69, 9.17) is 25.8 Å². The van der Waals surface area contributed by atoms with Gasteiger partial charge in [-0.2, -0.15) is 0 Å². The molecule has 2 aromatic carbocycles. The van der Waals surface area contributed by atoms with Gasteiger partial charge in [-0.25, -0.2) is 14.4 Å². The van der Waals surface area contributed by atoms with Gasteiger partial charge in [0.15, 0.2) is 23.1 Å². The predicted octanol–water partition coefficient (Wildman–Crippen LogP) is 4.94. The lowest BCUT2D eigenvalue weighted by Gasteiger charge is -2.29. The molecule has 158 valence electrons. The topological polar surface area (TPSA) is 56.7 Å². The van der Waals surface area contributed by atoms with Crippen molar-refractivity contribution < 1.29 is 18.6 Å². The minimum atomic E-state index is -0.571. The van der Waals surface area contributed by atoms with Gasteiger partial charge in [-0.05, 0) is 50.7 Å². The van der Waals surface area contributed by atoms with E-state index in [1.54, 1.807) is 25.3 Å². The normalized spacial score (nSPS) is 17.1. The molecule has 6 nitrogen and oxygen atoms in total. The van der Waals surface area contributed by atoms with Crippen LogP contribution in [0.25, 0.3) is 10.9 Å². The first-order valence-electron chi connectivity index (χ1n) is 9.80. The Balaban J connectivity index is 1.60. The molecule has 3 aromatic rings. The Morgan fingerprint density at radius 1 is 1.17 bits per heavy atom. The molecule has 0 N–H and O–H groups in total. The molecule has 0 spiro atoms. The first-order valence-corrected chi connectivity index (χ1v) is 10.2. The zero-order valence-electron chi connectivity index (χ0n) is 16.9. The highest BCUT2D eigenvalue weighted by Gasteiger charge is 2.20. The summed E-state index contributed by atoms with van der Waals surface area (Å²) in [6.07, 6.45) is 3.69. The van der Waals surface area contributed by atoms with E-state index >= 15 is 0 Å². The molecule has 0 radical (unpaired) electrons. The van der Waals surface area contributed by atoms with Gasteiger partial charge in [-0.15, -0.1) is 0 Å². The lowest BCUT2D eigenvalue weighted by atomic mass is 9.99. The number of aromatic nitrogens is 2. The second-order valence-corrected chi connectivity index (χ2v) is 7.89. The Kier molecular flexibility index (Phi) is 6.20. The Labute approximate surface area is 179 Å². The first-order chi connectivity index (χ1) is 14.5. The predicted molar refractivity (Wildman–Crippen MR) is 113 cm³/mol. The number of methoxy groups -OCH3 is 1. The second kappa shape index (κ2) is 9.02. The van der Waals surface area contributed by atoms with Crippen LogP contribution in [-0.2, 0) is 0 Å². The molecular formula is C22H23ClFN3O3. The van der Waals surface area contributed by atoms with Crippen LogP contribution < -0.4 is 14.2 Å². The molecular weight excluding hydrogens is 409 g/mol. The summed E-state index contributed by atoms with van der Waals surface area (Å²) >= 11 is 5.81. The zero-order valence-corrected chi connectivity index (χ0v) is 17.7. The van der Waals surface area contributed by atoms with Crippen LogP contribution in [0, 0.1) is 11.7 Å². The molecule has 0 amide bonds. The number of fused-ring (bicyclic) bond motifs is 1. The van der Waals surface area contributed by atoms with Crippen LogP contribution in [0.1, 0.15) is 12.8 Å². The Morgan fingerprint density at radius 2 is 2.03 bits per heavy atom. The molecule has 1 fully saturated rings. The fourth-order valence-corrected chi connectivity index (χ4v) is 3.83. The number of likely N-dealkylation sites (tertiary alicyclic amines) is 1. The summed E-state index contributed by atoms with van der Waals surface area (Å²) in [5, 5.41) is 0.883. The maximum atomic E-state index is 14.1. The van der Waals surface area contributed by atoms with Crippen molar-refractivity contribution in [3.8, 4) is 23.1 Å². The van der Waals surface area contributed by atoms with Crippen LogP contribution in [0.4, 0.5) is 4.39 Å². The van der Waals surface area contributed by atoms with E-state index in [0.717, 1.165) is 19.5 Å². The van der Waals surface area contributed by atoms with E-state index in [2.05, 4.69) is 21.9 Å². The van der Waals surface area contributed by atoms with Crippen LogP contribution >= 0.6 is 11.6 Å². The first kappa shape index (κ1) is 20.6. The average Bonchev–Trinajstić information content (AvgIpc) is 2.74. The van der Waals surface area contributed by atoms with Crippen molar-refractivity contribution >= 4 is 22.5 Å². The molecule has 8 heteroatoms. The van der Waals surface area contributed by atoms with Gasteiger partial charge < -0.3 is 19.1 Å². The van der Waals surface area contributed by atoms with Crippen molar-refractivity contribution in [2.75, 3.05) is 33.9 Å². The van der Waals surface area contributed by atoms with Crippen molar-refractivity contribution in [3.05, 3.63) is 47.5 Å². The summed E-state index contributed by atoms with van der Waals surface area (Å²) in [5.41, 5.74) is 0.617. The van der Waals surface area contributed by atoms with Crippen LogP contribution in [0.2, 0.25) is 5.02 Å². The van der Waals surface area contributed by atoms with Gasteiger partial charge in [0.2, 0.25) is 5.88 Å². The molecule has 0 bridgehead atoms. The summed E-state index contributed by atoms with van der Waals surface area (Å²) in [6, 6.07) is 7.75. The summed E-state index contributed by atoms with van der Waals surface area (Å²) in [7, 11) is 3.70. The lowest BCUT2D eigenvalue weighted by Crippen LogP contribution is -2.34. The number of rotatable bonds is 6. The van der Waals surface area contributed by atoms with E-state index in [0.29, 0.717) is 39.9 Å². The van der Waals surface area contributed by atoms with E-state index in [1.807, 2.05) is 0 Å². The van der Waals surface area contributed by atoms with Crippen molar-refractivity contribution in [1.29, 1.82) is 0 Å². The molecule has 0 aliphatic carbocycles. The quantitative estimate of drug-likeness (QED) is 0.550. The number of hydrogen-bond donors (Lipinski definition) is 0. The molecule has 1 aliphatic heterocycles. The Bertz CT molecular complexity index is 1050. The highest BCUT2D eigenvalue weighted by atomic mass is 35.5. The number of halogens is 2. The van der Waals surface area contributed by atoms with Crippen LogP contribution in [-0.4, -0.2) is 48.7 Å². The highest BCUT2D eigenvalue weighted by Crippen LogP contribution is 2.37. The van der Waals surface area contributed by atoms with E-state index < -0.39 is 5.82 Å². The second-order valence-electron chi connectivity index (χ2n) is 7.46. The largest absolute Gasteiger partial charge is 0.493 e. The maximum Gasteiger partial charge on any atom is 0.230 e. The number of piperidine rings is 1. The molecule has 0 saturated carbocycles. The minimum absolute atomic E-state index is 0.0279. The van der Waals surface area contributed by atoms with Gasteiger partial charge in [-0.1, -0.05) is 11.6 Å². The standard InChI is InChI=1S/C22H23ClFN3O3/c1-27-7-3-4-14(11-27)12-29-21-10-18-16(9-20(21)28-2)22(26-13-25-18)30-19-6-5-15(23)8-17(19)24/h5-6,8-10,13-14H,3-4,7,11-12H2,1-2H3/t14-/m0/s1. The highest BCUT2D eigenvalue weighted by molar-refractivity contribution is 6.30. The number of hydrogen-bond acceptors (Lipinski definition) is 6. The summed E-state index contributed by atoms with van der Waals surface area (Å²) in [6.45, 7) is 2.75. The van der Waals surface area contributed by atoms with Gasteiger partial charge in [0.1, 0.15) is 6.33 Å². The summed E-state index contributed by atoms with van der Waals surface area (Å²) in [4.78, 5) is 10.8. The third-order valence-electron chi connectivity index (χ3n) is 5.18. The van der Waals surface area contributed by atoms with Crippen molar-refractivity contribution in [2.45, 2.75) is 12.8 Å². The van der Waals surface area contributed by atoms with Gasteiger partial charge in [-0.3, -0.25) is 0 Å². The third-order valence-corrected chi connectivity index (χ3v) is 5.42. The smallest absolute Gasteiger partial charge is 0.230 e. The third kappa shape index (κ3) is 4.57. The van der Waals surface area contributed by atoms with Crippen molar-refractivity contribution in [2.24, 2.45) is 5.92 Å². The lowest BCUT2D eigenvalue weighted by molar-refractivity contribution is 0.148. The molecule has 1 atom stereocenters. The van der Waals surface area contributed by atoms with Gasteiger partial charge in [0.25, 0.3) is 0 Å². The van der Waals surface area contributed by atoms with Gasteiger partial charge >= 0.3 is 0 Å². The number of nitrogens with zero attached hydrogens (tertiary/aromatic N) is 3. The average molecular weight is 432 g/mol. The Morgan fingerprint density at radius 3 is 2.80 bits per heavy atom. The molecule has 2 heterocycles. The monoisotopic (exact) mass is 431 g/mol. The summed E-state index contributed by atoms with van der Waals surface area (Å²) in [5.74, 6) is 1.31. The molecule has 1 aromatic heterocycles. The maximum absolute atomic E-state index is 14.1. The molecule has 0 unspecified atom stereocenters. The minimum Gasteiger partial charge on any atom is -0.493 e. The Hall–Kier alpha value is -2.64. The van der Waals surface area contributed by atoms with Crippen molar-refractivity contribution in [1.82, 2.24) is 14.9 Å². The fraction of sp³-hybridized carbons (Fsp3) is 0.364. The summed E-state index contributed by atoms with van der Waals surface area (Å²) < 4.78 is 31.5. The van der Waals surface area contributed by atoms with Crippen LogP contribution in [0.15, 0.2) is 36.7 Å². The SMILES string of the molecule is COc1cc2c(Oc3ccc(Cl)cc3F)ncnc2cc1OC[C@H]1CCCN(C)C1.